The zero-order valence-corrected chi connectivity index (χ0v) is 6.44. The zero-order chi connectivity index (χ0) is 7.70. The third-order valence-corrected chi connectivity index (χ3v) is 0.203. The van der Waals surface area contributed by atoms with E-state index in [1.807, 2.05) is 0 Å². The topological polar surface area (TPSA) is 90.5 Å². The van der Waals surface area contributed by atoms with Gasteiger partial charge in [0.15, 0.2) is 0 Å². The number of aliphatic hydroxyl groups is 1. The minimum atomic E-state index is -0.509. The molecule has 0 aromatic carbocycles. The number of nitriles is 1. The summed E-state index contributed by atoms with van der Waals surface area (Å²) in [6.45, 7) is 1.19. The van der Waals surface area contributed by atoms with Gasteiger partial charge in [-0.1, -0.05) is 0 Å². The van der Waals surface area contributed by atoms with Crippen molar-refractivity contribution in [3.8, 4) is 6.26 Å². The van der Waals surface area contributed by atoms with Gasteiger partial charge in [0, 0.05) is 29.3 Å². The number of rotatable bonds is 0. The van der Waals surface area contributed by atoms with Gasteiger partial charge >= 0.3 is 0 Å². The summed E-state index contributed by atoms with van der Waals surface area (Å²) in [6, 6.07) is 0. The molecule has 0 saturated heterocycles. The number of carbonyl (C=O) groups is 1. The van der Waals surface area contributed by atoms with Gasteiger partial charge in [-0.15, -0.1) is 4.99 Å². The van der Waals surface area contributed by atoms with Crippen LogP contribution in [0.15, 0.2) is 4.99 Å². The van der Waals surface area contributed by atoms with Crippen LogP contribution in [0, 0.1) is 11.5 Å². The molecule has 10 heavy (non-hydrogen) atoms. The van der Waals surface area contributed by atoms with Crippen molar-refractivity contribution in [2.24, 2.45) is 4.99 Å². The van der Waals surface area contributed by atoms with Gasteiger partial charge in [-0.05, 0) is 0 Å². The number of nitrogens with zero attached hydrogens (tertiary/aromatic N) is 2. The summed E-state index contributed by atoms with van der Waals surface area (Å²) in [4.78, 5) is 21.4. The van der Waals surface area contributed by atoms with Crippen LogP contribution in [-0.2, 0) is 32.0 Å². The third kappa shape index (κ3) is 60.5. The van der Waals surface area contributed by atoms with E-state index in [9.17, 15) is 4.79 Å². The Balaban J connectivity index is -0.000000107. The number of carbonyl (C=O) groups excluding carboxylic acids is 2. The molecule has 1 amide bonds. The van der Waals surface area contributed by atoms with E-state index in [0.717, 1.165) is 12.3 Å². The first kappa shape index (κ1) is 16.0. The van der Waals surface area contributed by atoms with Crippen LogP contribution in [0.4, 0.5) is 0 Å². The van der Waals surface area contributed by atoms with Crippen LogP contribution < -0.4 is 0 Å². The van der Waals surface area contributed by atoms with Crippen molar-refractivity contribution in [1.29, 1.82) is 5.26 Å². The Hall–Kier alpha value is -0.920. The molecular weight excluding hydrogens is 232 g/mol. The van der Waals surface area contributed by atoms with Crippen molar-refractivity contribution in [1.82, 2.24) is 0 Å². The Morgan fingerprint density at radius 3 is 2.00 bits per heavy atom. The van der Waals surface area contributed by atoms with E-state index >= 15 is 0 Å². The molecule has 0 unspecified atom stereocenters. The summed E-state index contributed by atoms with van der Waals surface area (Å²) >= 11 is 0. The summed E-state index contributed by atoms with van der Waals surface area (Å²) in [7, 11) is 0. The summed E-state index contributed by atoms with van der Waals surface area (Å²) in [5.74, 6) is -0.509. The summed E-state index contributed by atoms with van der Waals surface area (Å²) in [5.41, 5.74) is 0. The average Bonchev–Trinajstić information content (AvgIpc) is 1.67. The second kappa shape index (κ2) is 15.7. The Kier molecular flexibility index (Phi) is 25.2. The van der Waals surface area contributed by atoms with Crippen LogP contribution in [0.2, 0.25) is 0 Å². The minimum Gasteiger partial charge on any atom is -0.443 e. The first-order valence-corrected chi connectivity index (χ1v) is 1.80. The largest absolute Gasteiger partial charge is 0.443 e. The van der Waals surface area contributed by atoms with Gasteiger partial charge in [0.2, 0.25) is 6.08 Å². The van der Waals surface area contributed by atoms with Crippen LogP contribution in [0.5, 0.6) is 0 Å². The van der Waals surface area contributed by atoms with Gasteiger partial charge in [0.05, 0.1) is 0 Å². The molecule has 0 bridgehead atoms. The maximum atomic E-state index is 9.61. The third-order valence-electron chi connectivity index (χ3n) is 0.203. The van der Waals surface area contributed by atoms with Gasteiger partial charge in [-0.25, -0.2) is 4.79 Å². The first-order chi connectivity index (χ1) is 4.18. The fourth-order valence-electron chi connectivity index (χ4n) is 0.0643. The van der Waals surface area contributed by atoms with E-state index in [2.05, 4.69) is 4.99 Å². The van der Waals surface area contributed by atoms with E-state index in [0.29, 0.717) is 0 Å². The van der Waals surface area contributed by atoms with E-state index < -0.39 is 5.91 Å². The molecule has 0 atom stereocenters. The first-order valence-electron chi connectivity index (χ1n) is 1.80. The van der Waals surface area contributed by atoms with E-state index in [1.165, 1.54) is 6.92 Å². The van der Waals surface area contributed by atoms with Crippen molar-refractivity contribution < 1.29 is 37.1 Å². The maximum Gasteiger partial charge on any atom is 0.283 e. The van der Waals surface area contributed by atoms with Crippen LogP contribution >= 0.6 is 0 Å². The van der Waals surface area contributed by atoms with Crippen molar-refractivity contribution in [3.63, 3.8) is 0 Å². The predicted molar refractivity (Wildman–Crippen MR) is 26.4 cm³/mol. The Bertz CT molecular complexity index is 168. The number of aliphatic hydroxyl groups excluding tert-OH is 1. The van der Waals surface area contributed by atoms with Crippen LogP contribution in [0.25, 0.3) is 0 Å². The Labute approximate surface area is 72.9 Å². The number of isocyanates is 1. The smallest absolute Gasteiger partial charge is 0.283 e. The van der Waals surface area contributed by atoms with Gasteiger partial charge in [0.1, 0.15) is 0 Å². The van der Waals surface area contributed by atoms with E-state index in [-0.39, 0.29) is 22.4 Å². The molecule has 0 aliphatic rings. The standard InChI is InChI=1S/C3H3NO2.CHNO.Ag/c1-3(6)4-2-5;2-1-3;/h1H3;3H;. The SMILES string of the molecule is CC(=O)N=C=O.N#CO.[Ag]. The van der Waals surface area contributed by atoms with E-state index in [1.54, 1.807) is 0 Å². The second-order valence-electron chi connectivity index (χ2n) is 0.822. The average molecular weight is 236 g/mol. The number of hydrogen-bond acceptors (Lipinski definition) is 4. The van der Waals surface area contributed by atoms with Crippen LogP contribution in [0.3, 0.4) is 0 Å². The summed E-state index contributed by atoms with van der Waals surface area (Å²) < 4.78 is 0. The number of hydrogen-bond donors (Lipinski definition) is 1. The molecule has 0 heterocycles. The molecular formula is C4H4AgN2O3. The predicted octanol–water partition coefficient (Wildman–Crippen LogP) is -0.294. The molecule has 0 aliphatic heterocycles. The summed E-state index contributed by atoms with van der Waals surface area (Å²) in [6.07, 6.45) is 1.84. The summed E-state index contributed by atoms with van der Waals surface area (Å²) in [5, 5.41) is 13.8. The molecule has 0 aromatic rings. The van der Waals surface area contributed by atoms with Crippen molar-refractivity contribution in [3.05, 3.63) is 0 Å². The minimum absolute atomic E-state index is 0. The fourth-order valence-corrected chi connectivity index (χ4v) is 0.0643. The van der Waals surface area contributed by atoms with Gasteiger partial charge in [-0.2, -0.15) is 5.26 Å². The molecule has 0 spiro atoms. The molecule has 0 fully saturated rings. The number of aliphatic imine (C=N–C) groups is 1. The molecule has 0 aliphatic carbocycles. The molecule has 5 nitrogen and oxygen atoms in total. The Morgan fingerprint density at radius 1 is 1.70 bits per heavy atom. The van der Waals surface area contributed by atoms with Crippen LogP contribution in [-0.4, -0.2) is 17.1 Å². The maximum absolute atomic E-state index is 9.61. The monoisotopic (exact) mass is 235 g/mol. The molecule has 0 aromatic heterocycles. The van der Waals surface area contributed by atoms with Gasteiger partial charge in [-0.3, -0.25) is 4.79 Å². The molecule has 0 rings (SSSR count). The second-order valence-corrected chi connectivity index (χ2v) is 0.822. The molecule has 6 heteroatoms. The molecule has 59 valence electrons. The van der Waals surface area contributed by atoms with Gasteiger partial charge < -0.3 is 5.11 Å². The van der Waals surface area contributed by atoms with Crippen LogP contribution in [0.1, 0.15) is 6.92 Å². The molecule has 0 saturated carbocycles. The zero-order valence-electron chi connectivity index (χ0n) is 4.96. The molecule has 1 radical (unpaired) electrons. The molecule has 1 N–H and O–H groups in total. The fraction of sp³-hybridized carbons (Fsp3) is 0.250. The Morgan fingerprint density at radius 2 is 2.00 bits per heavy atom. The number of amides is 1. The van der Waals surface area contributed by atoms with Crippen molar-refractivity contribution in [2.75, 3.05) is 0 Å². The van der Waals surface area contributed by atoms with Gasteiger partial charge in [0.25, 0.3) is 12.2 Å². The normalized spacial score (nSPS) is 4.40. The van der Waals surface area contributed by atoms with Crippen molar-refractivity contribution >= 4 is 12.0 Å². The van der Waals surface area contributed by atoms with E-state index in [4.69, 9.17) is 15.2 Å². The quantitative estimate of drug-likeness (QED) is 0.270. The van der Waals surface area contributed by atoms with Crippen molar-refractivity contribution in [2.45, 2.75) is 6.92 Å².